The summed E-state index contributed by atoms with van der Waals surface area (Å²) >= 11 is 0. The van der Waals surface area contributed by atoms with E-state index >= 15 is 8.78 Å². The van der Waals surface area contributed by atoms with E-state index in [1.165, 1.54) is 12.1 Å². The first-order chi connectivity index (χ1) is 16.8. The average molecular weight is 496 g/mol. The number of piperidine rings is 2. The molecule has 2 unspecified atom stereocenters. The number of nitrogens with zero attached hydrogens (tertiary/aromatic N) is 4. The van der Waals surface area contributed by atoms with Crippen molar-refractivity contribution in [2.24, 2.45) is 5.92 Å². The quantitative estimate of drug-likeness (QED) is 0.524. The van der Waals surface area contributed by atoms with Crippen LogP contribution in [0.25, 0.3) is 0 Å². The molecule has 2 amide bonds. The van der Waals surface area contributed by atoms with E-state index in [9.17, 15) is 14.7 Å². The molecule has 3 N–H and O–H groups in total. The summed E-state index contributed by atoms with van der Waals surface area (Å²) < 4.78 is 30.1. The number of hydrogen-bond donors (Lipinski definition) is 3. The number of aliphatic hydroxyl groups excluding tert-OH is 2. The number of hydrogen-bond acceptors (Lipinski definition) is 7. The van der Waals surface area contributed by atoms with E-state index in [-0.39, 0.29) is 23.2 Å². The third-order valence-electron chi connectivity index (χ3n) is 7.51. The standard InChI is InChI=1S/C24H35F2N5O4/c1-28(20-2-3-21(33)27-24(20)35)17-12-18(25)23(19(26)13-17)31-10-8-29(9-11-31)14-16-4-6-30(7-5-16)22(34)15-32/h12-13,16,20-21,32-33H,2-11,14-15H2,1H3,(H,27,35). The molecule has 0 saturated carbocycles. The van der Waals surface area contributed by atoms with Gasteiger partial charge in [0.25, 0.3) is 0 Å². The van der Waals surface area contributed by atoms with Gasteiger partial charge in [0.1, 0.15) is 24.6 Å². The molecule has 1 aromatic carbocycles. The van der Waals surface area contributed by atoms with Crippen molar-refractivity contribution in [2.75, 3.05) is 69.3 Å². The molecule has 3 heterocycles. The molecule has 2 atom stereocenters. The van der Waals surface area contributed by atoms with Gasteiger partial charge in [-0.25, -0.2) is 8.78 Å². The molecule has 3 aliphatic heterocycles. The van der Waals surface area contributed by atoms with Gasteiger partial charge in [-0.15, -0.1) is 0 Å². The summed E-state index contributed by atoms with van der Waals surface area (Å²) in [6.07, 6.45) is 1.68. The van der Waals surface area contributed by atoms with E-state index in [0.29, 0.717) is 58.0 Å². The molecule has 35 heavy (non-hydrogen) atoms. The van der Waals surface area contributed by atoms with Crippen LogP contribution >= 0.6 is 0 Å². The van der Waals surface area contributed by atoms with Gasteiger partial charge in [0.15, 0.2) is 11.6 Å². The van der Waals surface area contributed by atoms with Crippen molar-refractivity contribution in [1.29, 1.82) is 0 Å². The lowest BCUT2D eigenvalue weighted by Gasteiger charge is -2.40. The largest absolute Gasteiger partial charge is 0.387 e. The third kappa shape index (κ3) is 5.84. The Morgan fingerprint density at radius 2 is 1.69 bits per heavy atom. The second-order valence-corrected chi connectivity index (χ2v) is 9.76. The van der Waals surface area contributed by atoms with Gasteiger partial charge in [0.2, 0.25) is 11.8 Å². The number of aliphatic hydroxyl groups is 2. The van der Waals surface area contributed by atoms with Crippen LogP contribution in [0.15, 0.2) is 12.1 Å². The topological polar surface area (TPSA) is 99.6 Å². The Morgan fingerprint density at radius 3 is 2.26 bits per heavy atom. The lowest BCUT2D eigenvalue weighted by atomic mass is 9.96. The molecule has 4 rings (SSSR count). The number of anilines is 2. The van der Waals surface area contributed by atoms with Crippen LogP contribution in [0.4, 0.5) is 20.2 Å². The molecule has 1 aromatic rings. The van der Waals surface area contributed by atoms with Gasteiger partial charge in [-0.1, -0.05) is 0 Å². The first-order valence-corrected chi connectivity index (χ1v) is 12.3. The number of carbonyl (C=O) groups is 2. The van der Waals surface area contributed by atoms with E-state index in [1.807, 2.05) is 0 Å². The number of likely N-dealkylation sites (N-methyl/N-ethyl adjacent to an activating group) is 1. The average Bonchev–Trinajstić information content (AvgIpc) is 2.84. The summed E-state index contributed by atoms with van der Waals surface area (Å²) in [6, 6.07) is 1.94. The zero-order chi connectivity index (χ0) is 25.1. The Kier molecular flexibility index (Phi) is 8.08. The Labute approximate surface area is 204 Å². The number of amides is 2. The highest BCUT2D eigenvalue weighted by Gasteiger charge is 2.32. The fourth-order valence-corrected chi connectivity index (χ4v) is 5.37. The number of carbonyl (C=O) groups excluding carboxylic acids is 2. The summed E-state index contributed by atoms with van der Waals surface area (Å²) in [5, 5.41) is 21.0. The van der Waals surface area contributed by atoms with Crippen LogP contribution in [0.2, 0.25) is 0 Å². The maximum Gasteiger partial charge on any atom is 0.248 e. The number of rotatable bonds is 6. The minimum atomic E-state index is -0.884. The van der Waals surface area contributed by atoms with Crippen LogP contribution in [0, 0.1) is 17.6 Å². The van der Waals surface area contributed by atoms with Crippen molar-refractivity contribution in [3.63, 3.8) is 0 Å². The predicted molar refractivity (Wildman–Crippen MR) is 127 cm³/mol. The summed E-state index contributed by atoms with van der Waals surface area (Å²) in [5.74, 6) is -1.43. The van der Waals surface area contributed by atoms with E-state index < -0.39 is 30.5 Å². The normalized spacial score (nSPS) is 24.4. The first kappa shape index (κ1) is 25.6. The Morgan fingerprint density at radius 1 is 1.06 bits per heavy atom. The van der Waals surface area contributed by atoms with Gasteiger partial charge in [0.05, 0.1) is 0 Å². The van der Waals surface area contributed by atoms with Gasteiger partial charge in [-0.2, -0.15) is 0 Å². The van der Waals surface area contributed by atoms with E-state index in [1.54, 1.807) is 21.7 Å². The second kappa shape index (κ2) is 11.0. The maximum absolute atomic E-state index is 15.1. The summed E-state index contributed by atoms with van der Waals surface area (Å²) in [7, 11) is 1.62. The van der Waals surface area contributed by atoms with Crippen molar-refractivity contribution in [2.45, 2.75) is 38.0 Å². The fraction of sp³-hybridized carbons (Fsp3) is 0.667. The van der Waals surface area contributed by atoms with Gasteiger partial charge in [-0.3, -0.25) is 14.5 Å². The molecule has 11 heteroatoms. The van der Waals surface area contributed by atoms with Gasteiger partial charge < -0.3 is 30.2 Å². The number of halogens is 2. The minimum Gasteiger partial charge on any atom is -0.387 e. The fourth-order valence-electron chi connectivity index (χ4n) is 5.37. The molecule has 3 saturated heterocycles. The van der Waals surface area contributed by atoms with E-state index in [2.05, 4.69) is 10.2 Å². The summed E-state index contributed by atoms with van der Waals surface area (Å²) in [6.45, 7) is 4.16. The van der Waals surface area contributed by atoms with Crippen molar-refractivity contribution in [1.82, 2.24) is 15.1 Å². The lowest BCUT2D eigenvalue weighted by molar-refractivity contribution is -0.135. The van der Waals surface area contributed by atoms with Crippen molar-refractivity contribution < 1.29 is 28.6 Å². The Hall–Kier alpha value is -2.50. The van der Waals surface area contributed by atoms with Crippen LogP contribution in [0.5, 0.6) is 0 Å². The molecular formula is C24H35F2N5O4. The highest BCUT2D eigenvalue weighted by atomic mass is 19.1. The SMILES string of the molecule is CN(c1cc(F)c(N2CCN(CC3CCN(C(=O)CO)CC3)CC2)c(F)c1)C1CCC(O)NC1=O. The maximum atomic E-state index is 15.1. The van der Waals surface area contributed by atoms with Gasteiger partial charge in [-0.05, 0) is 43.7 Å². The van der Waals surface area contributed by atoms with E-state index in [4.69, 9.17) is 5.11 Å². The monoisotopic (exact) mass is 495 g/mol. The summed E-state index contributed by atoms with van der Waals surface area (Å²) in [5.41, 5.74) is 0.242. The van der Waals surface area contributed by atoms with Crippen molar-refractivity contribution >= 4 is 23.2 Å². The van der Waals surface area contributed by atoms with Crippen molar-refractivity contribution in [3.05, 3.63) is 23.8 Å². The van der Waals surface area contributed by atoms with Crippen LogP contribution in [0.1, 0.15) is 25.7 Å². The smallest absolute Gasteiger partial charge is 0.248 e. The van der Waals surface area contributed by atoms with E-state index in [0.717, 1.165) is 19.4 Å². The lowest BCUT2D eigenvalue weighted by Crippen LogP contribution is -2.53. The van der Waals surface area contributed by atoms with Gasteiger partial charge >= 0.3 is 0 Å². The predicted octanol–water partition coefficient (Wildman–Crippen LogP) is 0.351. The molecule has 0 aliphatic carbocycles. The molecule has 3 aliphatic rings. The zero-order valence-corrected chi connectivity index (χ0v) is 20.1. The minimum absolute atomic E-state index is 0.0406. The highest BCUT2D eigenvalue weighted by Crippen LogP contribution is 2.31. The number of nitrogens with one attached hydrogen (secondary N) is 1. The number of likely N-dealkylation sites (tertiary alicyclic amines) is 1. The van der Waals surface area contributed by atoms with Crippen LogP contribution in [0.3, 0.4) is 0 Å². The molecule has 194 valence electrons. The van der Waals surface area contributed by atoms with Crippen molar-refractivity contribution in [3.8, 4) is 0 Å². The first-order valence-electron chi connectivity index (χ1n) is 12.3. The zero-order valence-electron chi connectivity index (χ0n) is 20.1. The Balaban J connectivity index is 1.32. The third-order valence-corrected chi connectivity index (χ3v) is 7.51. The molecule has 0 bridgehead atoms. The Bertz CT molecular complexity index is 896. The molecule has 9 nitrogen and oxygen atoms in total. The number of piperazine rings is 1. The number of benzene rings is 1. The molecule has 3 fully saturated rings. The van der Waals surface area contributed by atoms with Crippen LogP contribution < -0.4 is 15.1 Å². The van der Waals surface area contributed by atoms with Crippen LogP contribution in [-0.4, -0.2) is 104 Å². The van der Waals surface area contributed by atoms with Gasteiger partial charge in [0, 0.05) is 58.5 Å². The molecule has 0 spiro atoms. The molecule has 0 radical (unpaired) electrons. The molecular weight excluding hydrogens is 460 g/mol. The van der Waals surface area contributed by atoms with Crippen LogP contribution in [-0.2, 0) is 9.59 Å². The summed E-state index contributed by atoms with van der Waals surface area (Å²) in [4.78, 5) is 31.1. The highest BCUT2D eigenvalue weighted by molar-refractivity contribution is 5.86. The second-order valence-electron chi connectivity index (χ2n) is 9.76. The molecule has 0 aromatic heterocycles.